The van der Waals surface area contributed by atoms with E-state index < -0.39 is 17.2 Å². The molecule has 17 aliphatic carbocycles. The van der Waals surface area contributed by atoms with Gasteiger partial charge in [0.1, 0.15) is 23.0 Å². The molecule has 10 aromatic rings. The monoisotopic (exact) mass is 1690 g/mol. The van der Waals surface area contributed by atoms with Gasteiger partial charge in [-0.15, -0.1) is 19.3 Å². The summed E-state index contributed by atoms with van der Waals surface area (Å²) in [6.45, 7) is 21.1. The Hall–Kier alpha value is -11.9. The fourth-order valence-corrected chi connectivity index (χ4v) is 35.5. The van der Waals surface area contributed by atoms with Crippen LogP contribution in [0.25, 0.3) is 33.4 Å². The van der Waals surface area contributed by atoms with Gasteiger partial charge in [-0.25, -0.2) is 0 Å². The maximum Gasteiger partial charge on any atom is 0.255 e. The summed E-state index contributed by atoms with van der Waals surface area (Å²) in [6, 6.07) is 62.1. The van der Waals surface area contributed by atoms with Gasteiger partial charge in [-0.2, -0.15) is 0 Å². The third-order valence-corrected chi connectivity index (χ3v) is 35.5. The van der Waals surface area contributed by atoms with Crippen molar-refractivity contribution in [2.75, 3.05) is 10.6 Å². The van der Waals surface area contributed by atoms with Gasteiger partial charge in [0.15, 0.2) is 0 Å². The number of rotatable bonds is 12. The minimum absolute atomic E-state index is 0.0332. The molecule has 0 heterocycles. The molecule has 8 atom stereocenters. The van der Waals surface area contributed by atoms with Crippen LogP contribution in [0.3, 0.4) is 0 Å². The summed E-state index contributed by atoms with van der Waals surface area (Å²) in [4.78, 5) is 32.1. The van der Waals surface area contributed by atoms with E-state index in [1.54, 1.807) is 48.5 Å². The molecule has 27 rings (SSSR count). The number of anilines is 2. The number of benzene rings is 10. The van der Waals surface area contributed by atoms with E-state index in [-0.39, 0.29) is 122 Å². The predicted molar refractivity (Wildman–Crippen MR) is 515 cm³/mol. The zero-order valence-electron chi connectivity index (χ0n) is 76.0. The normalized spacial score (nSPS) is 34.1. The van der Waals surface area contributed by atoms with Crippen LogP contribution in [0.15, 0.2) is 188 Å². The van der Waals surface area contributed by atoms with Crippen LogP contribution in [0.4, 0.5) is 11.4 Å². The molecule has 16 bridgehead atoms. The standard InChI is InChI=1S/C121H116N2O6/c1-12-74-27-21-29-83(41-74)107(128)122-104-89(14-3)106(127)82(13-2)43-94(104)93-49-88(125)35-39-96(93)121(95-38-34-87(124)48-92(95)90-37-40-101(126)91(36-33-76-25-19-16-20-26-76)105(90)123-108(129)84-30-22-28-77(42-84)32-31-75-23-17-15-18-24-75)99-46-85(117-58-78-50-109(4,66-117)62-110(5,51-78)67-117)44-97(119-60-80-54-113(8,70-119)64-114(9,55-80)71-119)102(99)103-98(120-61-81-56-115(10,72-120)65-116(11,57-81)73-120)45-86(47-100(103)121)118-59-79-52-111(6,68-118)63-112(7,53-79)69-118/h1-3,15-30,34-35,37-49,78-81,124-127H,50-73H2,4-11H3,(H,122,128)(H,123,129). The second-order valence-electron chi connectivity index (χ2n) is 47.4. The Morgan fingerprint density at radius 1 is 0.318 bits per heavy atom. The van der Waals surface area contributed by atoms with Gasteiger partial charge < -0.3 is 31.1 Å². The summed E-state index contributed by atoms with van der Waals surface area (Å²) < 4.78 is 0. The first-order valence-electron chi connectivity index (χ1n) is 47.8. The molecular formula is C121H116N2O6. The van der Waals surface area contributed by atoms with Crippen molar-refractivity contribution in [3.8, 4) is 117 Å². The Balaban J connectivity index is 0.911. The molecule has 129 heavy (non-hydrogen) atoms. The number of phenolic OH excluding ortho intramolecular Hbond substituents is 4. The van der Waals surface area contributed by atoms with Crippen molar-refractivity contribution in [1.82, 2.24) is 0 Å². The highest BCUT2D eigenvalue weighted by atomic mass is 16.3. The number of hydrogen-bond donors (Lipinski definition) is 6. The lowest BCUT2D eigenvalue weighted by molar-refractivity contribution is -0.112. The van der Waals surface area contributed by atoms with Crippen molar-refractivity contribution < 1.29 is 30.0 Å². The smallest absolute Gasteiger partial charge is 0.255 e. The van der Waals surface area contributed by atoms with Crippen LogP contribution >= 0.6 is 0 Å². The number of fused-ring (bicyclic) bond motifs is 3. The van der Waals surface area contributed by atoms with Gasteiger partial charge in [-0.1, -0.05) is 182 Å². The SMILES string of the molecule is C#Cc1cccc(C(=O)Nc2c(-c3cc(O)ccc3C3(c4ccc(O)cc4-c4ccc(O)c(C#Cc5ccccc5)c4NC(=O)c4cccc(C#Cc5ccccc5)c4)c4cc(C56CC7CC(C)(CC(C)(C7)C5)C6)cc(C56CC7CC(C)(CC(C)(C7)C5)C6)c4-c4c(C56CC7CC(C)(CC(C)(C7)C5)C6)cc(C56CC7CC(C)(CC(C)(C7)C5)C6)cc43)cc(C#C)c(O)c2C#C)c1. The van der Waals surface area contributed by atoms with Crippen LogP contribution in [0, 0.1) is 128 Å². The quantitative estimate of drug-likeness (QED) is 0.0674. The number of aromatic hydroxyl groups is 4. The number of phenols is 4. The highest BCUT2D eigenvalue weighted by Gasteiger charge is 2.69. The molecule has 2 amide bonds. The molecule has 0 aromatic heterocycles. The van der Waals surface area contributed by atoms with Crippen LogP contribution < -0.4 is 10.6 Å². The Kier molecular flexibility index (Phi) is 17.6. The Labute approximate surface area is 762 Å². The van der Waals surface area contributed by atoms with Gasteiger partial charge in [-0.05, 0) is 413 Å². The van der Waals surface area contributed by atoms with E-state index >= 15 is 9.59 Å². The fraction of sp³-hybridized carbons (Fsp3) is 0.405. The van der Waals surface area contributed by atoms with Gasteiger partial charge in [0.05, 0.1) is 33.5 Å². The molecule has 0 aliphatic heterocycles. The molecule has 17 aliphatic rings. The largest absolute Gasteiger partial charge is 0.508 e. The Morgan fingerprint density at radius 2 is 0.690 bits per heavy atom. The molecule has 0 spiro atoms. The van der Waals surface area contributed by atoms with Crippen molar-refractivity contribution in [2.45, 2.75) is 237 Å². The van der Waals surface area contributed by atoms with Gasteiger partial charge in [0.2, 0.25) is 0 Å². The van der Waals surface area contributed by atoms with E-state index in [1.165, 1.54) is 110 Å². The second-order valence-corrected chi connectivity index (χ2v) is 47.4. The summed E-state index contributed by atoms with van der Waals surface area (Å²) in [7, 11) is 0. The lowest BCUT2D eigenvalue weighted by atomic mass is 9.37. The molecular weight excluding hydrogens is 1580 g/mol. The summed E-state index contributed by atoms with van der Waals surface area (Å²) in [6.07, 6.45) is 46.9. The minimum atomic E-state index is -1.57. The molecule has 8 heteroatoms. The van der Waals surface area contributed by atoms with Gasteiger partial charge in [0, 0.05) is 44.5 Å². The van der Waals surface area contributed by atoms with E-state index in [1.807, 2.05) is 103 Å². The van der Waals surface area contributed by atoms with Crippen molar-refractivity contribution in [2.24, 2.45) is 67.0 Å². The fourth-order valence-electron chi connectivity index (χ4n) is 35.5. The molecule has 16 saturated carbocycles. The van der Waals surface area contributed by atoms with Crippen molar-refractivity contribution in [3.05, 3.63) is 283 Å². The average Bonchev–Trinajstić information content (AvgIpc) is 1.50. The lowest BCUT2D eigenvalue weighted by Crippen LogP contribution is -2.58. The third kappa shape index (κ3) is 12.9. The number of hydrogen-bond acceptors (Lipinski definition) is 6. The summed E-state index contributed by atoms with van der Waals surface area (Å²) in [5.41, 5.74) is 15.7. The van der Waals surface area contributed by atoms with Crippen LogP contribution in [0.5, 0.6) is 23.0 Å². The van der Waals surface area contributed by atoms with Crippen molar-refractivity contribution >= 4 is 23.2 Å². The maximum absolute atomic E-state index is 16.3. The van der Waals surface area contributed by atoms with Gasteiger partial charge >= 0.3 is 0 Å². The van der Waals surface area contributed by atoms with E-state index in [0.29, 0.717) is 68.2 Å². The van der Waals surface area contributed by atoms with Crippen LogP contribution in [0.1, 0.15) is 314 Å². The molecule has 0 saturated heterocycles. The highest BCUT2D eigenvalue weighted by Crippen LogP contribution is 2.79. The molecule has 16 fully saturated rings. The van der Waals surface area contributed by atoms with Gasteiger partial charge in [-0.3, -0.25) is 9.59 Å². The second kappa shape index (κ2) is 27.8. The van der Waals surface area contributed by atoms with Crippen LogP contribution in [-0.2, 0) is 27.1 Å². The third-order valence-electron chi connectivity index (χ3n) is 35.5. The molecule has 10 aromatic carbocycles. The maximum atomic E-state index is 16.3. The number of carbonyl (C=O) groups excluding carboxylic acids is 2. The molecule has 8 unspecified atom stereocenters. The number of nitrogens with one attached hydrogen (secondary N) is 2. The molecule has 8 nitrogen and oxygen atoms in total. The first-order chi connectivity index (χ1) is 61.6. The number of amides is 2. The molecule has 0 radical (unpaired) electrons. The zero-order chi connectivity index (χ0) is 89.0. The summed E-state index contributed by atoms with van der Waals surface area (Å²) >= 11 is 0. The van der Waals surface area contributed by atoms with E-state index in [4.69, 9.17) is 19.3 Å². The highest BCUT2D eigenvalue weighted by molar-refractivity contribution is 6.10. The first kappa shape index (κ1) is 81.6. The van der Waals surface area contributed by atoms with Crippen molar-refractivity contribution in [3.63, 3.8) is 0 Å². The van der Waals surface area contributed by atoms with Crippen LogP contribution in [-0.4, -0.2) is 32.2 Å². The molecule has 6 N–H and O–H groups in total. The topological polar surface area (TPSA) is 139 Å². The summed E-state index contributed by atoms with van der Waals surface area (Å²) in [5, 5.41) is 59.4. The van der Waals surface area contributed by atoms with E-state index in [0.717, 1.165) is 105 Å². The number of terminal acetylenes is 3. The average molecular weight is 1690 g/mol. The Bertz CT molecular complexity index is 6610. The zero-order valence-corrected chi connectivity index (χ0v) is 76.0. The Morgan fingerprint density at radius 3 is 1.11 bits per heavy atom. The van der Waals surface area contributed by atoms with Gasteiger partial charge in [0.25, 0.3) is 11.8 Å². The lowest BCUT2D eigenvalue weighted by Gasteiger charge is -2.67. The predicted octanol–water partition coefficient (Wildman–Crippen LogP) is 26.4. The molecule has 646 valence electrons. The minimum Gasteiger partial charge on any atom is -0.508 e. The van der Waals surface area contributed by atoms with E-state index in [2.05, 4.69) is 144 Å². The van der Waals surface area contributed by atoms with Crippen molar-refractivity contribution in [1.29, 1.82) is 0 Å². The first-order valence-corrected chi connectivity index (χ1v) is 47.8. The number of carbonyl (C=O) groups is 2. The summed E-state index contributed by atoms with van der Waals surface area (Å²) in [5.74, 6) is 22.5. The van der Waals surface area contributed by atoms with E-state index in [9.17, 15) is 20.4 Å². The van der Waals surface area contributed by atoms with Crippen LogP contribution in [0.2, 0.25) is 0 Å².